The molecule has 0 bridgehead atoms. The van der Waals surface area contributed by atoms with Gasteiger partial charge in [-0.25, -0.2) is 4.98 Å². The predicted octanol–water partition coefficient (Wildman–Crippen LogP) is 3.10. The standard InChI is InChI=1S/C15H18N2O2/c1-3-19-14-10-13(18-2)8-7-12(14)11-17-15-6-4-5-9-16-15/h4-10H,3,11H2,1-2H3,(H,16,17). The topological polar surface area (TPSA) is 43.4 Å². The van der Waals surface area contributed by atoms with Crippen LogP contribution in [0.15, 0.2) is 42.6 Å². The molecule has 4 heteroatoms. The molecule has 0 unspecified atom stereocenters. The van der Waals surface area contributed by atoms with Gasteiger partial charge in [0.05, 0.1) is 13.7 Å². The quantitative estimate of drug-likeness (QED) is 0.864. The van der Waals surface area contributed by atoms with Crippen molar-refractivity contribution < 1.29 is 9.47 Å². The monoisotopic (exact) mass is 258 g/mol. The molecule has 0 saturated carbocycles. The third-order valence-corrected chi connectivity index (χ3v) is 2.70. The molecule has 0 atom stereocenters. The number of methoxy groups -OCH3 is 1. The van der Waals surface area contributed by atoms with Crippen molar-refractivity contribution >= 4 is 5.82 Å². The molecule has 0 aliphatic rings. The molecule has 1 heterocycles. The van der Waals surface area contributed by atoms with E-state index < -0.39 is 0 Å². The maximum atomic E-state index is 5.63. The zero-order valence-electron chi connectivity index (χ0n) is 11.2. The zero-order chi connectivity index (χ0) is 13.5. The minimum atomic E-state index is 0.629. The third-order valence-electron chi connectivity index (χ3n) is 2.70. The molecular formula is C15H18N2O2. The normalized spacial score (nSPS) is 10.0. The number of anilines is 1. The minimum Gasteiger partial charge on any atom is -0.497 e. The highest BCUT2D eigenvalue weighted by Crippen LogP contribution is 2.25. The van der Waals surface area contributed by atoms with Crippen LogP contribution in [-0.4, -0.2) is 18.7 Å². The van der Waals surface area contributed by atoms with Gasteiger partial charge in [0.1, 0.15) is 17.3 Å². The lowest BCUT2D eigenvalue weighted by Gasteiger charge is -2.12. The second-order valence-electron chi connectivity index (χ2n) is 3.98. The van der Waals surface area contributed by atoms with Crippen LogP contribution >= 0.6 is 0 Å². The Morgan fingerprint density at radius 1 is 1.21 bits per heavy atom. The highest BCUT2D eigenvalue weighted by Gasteiger charge is 2.05. The van der Waals surface area contributed by atoms with E-state index in [-0.39, 0.29) is 0 Å². The Kier molecular flexibility index (Phi) is 4.61. The summed E-state index contributed by atoms with van der Waals surface area (Å²) in [6.07, 6.45) is 1.76. The molecule has 0 fully saturated rings. The molecule has 1 aromatic heterocycles. The summed E-state index contributed by atoms with van der Waals surface area (Å²) in [6, 6.07) is 11.6. The Bertz CT molecular complexity index is 515. The highest BCUT2D eigenvalue weighted by atomic mass is 16.5. The summed E-state index contributed by atoms with van der Waals surface area (Å²) >= 11 is 0. The number of aromatic nitrogens is 1. The van der Waals surface area contributed by atoms with Gasteiger partial charge in [-0.2, -0.15) is 0 Å². The van der Waals surface area contributed by atoms with Gasteiger partial charge in [0.25, 0.3) is 0 Å². The lowest BCUT2D eigenvalue weighted by Crippen LogP contribution is -2.04. The molecule has 1 aromatic carbocycles. The molecule has 2 aromatic rings. The molecular weight excluding hydrogens is 240 g/mol. The summed E-state index contributed by atoms with van der Waals surface area (Å²) in [5, 5.41) is 3.27. The summed E-state index contributed by atoms with van der Waals surface area (Å²) in [5.74, 6) is 2.48. The van der Waals surface area contributed by atoms with Gasteiger partial charge < -0.3 is 14.8 Å². The molecule has 0 saturated heterocycles. The number of ether oxygens (including phenoxy) is 2. The molecule has 0 radical (unpaired) electrons. The van der Waals surface area contributed by atoms with Crippen molar-refractivity contribution in [3.63, 3.8) is 0 Å². The van der Waals surface area contributed by atoms with Crippen molar-refractivity contribution in [3.8, 4) is 11.5 Å². The van der Waals surface area contributed by atoms with Crippen LogP contribution in [0.5, 0.6) is 11.5 Å². The Balaban J connectivity index is 2.10. The predicted molar refractivity (Wildman–Crippen MR) is 75.7 cm³/mol. The maximum absolute atomic E-state index is 5.63. The van der Waals surface area contributed by atoms with Crippen LogP contribution in [0.25, 0.3) is 0 Å². The molecule has 0 aliphatic carbocycles. The van der Waals surface area contributed by atoms with Crippen molar-refractivity contribution in [2.75, 3.05) is 19.0 Å². The highest BCUT2D eigenvalue weighted by molar-refractivity contribution is 5.43. The molecule has 4 nitrogen and oxygen atoms in total. The van der Waals surface area contributed by atoms with Gasteiger partial charge in [0.2, 0.25) is 0 Å². The molecule has 100 valence electrons. The van der Waals surface area contributed by atoms with E-state index in [1.54, 1.807) is 13.3 Å². The number of hydrogen-bond acceptors (Lipinski definition) is 4. The van der Waals surface area contributed by atoms with E-state index in [0.717, 1.165) is 22.9 Å². The smallest absolute Gasteiger partial charge is 0.127 e. The summed E-state index contributed by atoms with van der Waals surface area (Å²) in [7, 11) is 1.65. The average Bonchev–Trinajstić information content (AvgIpc) is 2.47. The maximum Gasteiger partial charge on any atom is 0.127 e. The summed E-state index contributed by atoms with van der Waals surface area (Å²) in [6.45, 7) is 3.26. The second-order valence-corrected chi connectivity index (χ2v) is 3.98. The zero-order valence-corrected chi connectivity index (χ0v) is 11.2. The van der Waals surface area contributed by atoms with Gasteiger partial charge in [0.15, 0.2) is 0 Å². The van der Waals surface area contributed by atoms with E-state index in [9.17, 15) is 0 Å². The van der Waals surface area contributed by atoms with Gasteiger partial charge >= 0.3 is 0 Å². The van der Waals surface area contributed by atoms with Crippen LogP contribution in [0.4, 0.5) is 5.82 Å². The minimum absolute atomic E-state index is 0.629. The van der Waals surface area contributed by atoms with E-state index in [0.29, 0.717) is 13.2 Å². The first kappa shape index (κ1) is 13.2. The van der Waals surface area contributed by atoms with Gasteiger partial charge in [-0.1, -0.05) is 6.07 Å². The van der Waals surface area contributed by atoms with Crippen LogP contribution in [0.1, 0.15) is 12.5 Å². The molecule has 0 aliphatic heterocycles. The lowest BCUT2D eigenvalue weighted by molar-refractivity contribution is 0.333. The average molecular weight is 258 g/mol. The van der Waals surface area contributed by atoms with Crippen molar-refractivity contribution in [1.82, 2.24) is 4.98 Å². The largest absolute Gasteiger partial charge is 0.497 e. The number of pyridine rings is 1. The van der Waals surface area contributed by atoms with Gasteiger partial charge in [-0.05, 0) is 31.2 Å². The third kappa shape index (κ3) is 3.61. The number of nitrogens with one attached hydrogen (secondary N) is 1. The van der Waals surface area contributed by atoms with Crippen molar-refractivity contribution in [2.45, 2.75) is 13.5 Å². The summed E-state index contributed by atoms with van der Waals surface area (Å²) in [4.78, 5) is 4.23. The van der Waals surface area contributed by atoms with Crippen LogP contribution in [0.2, 0.25) is 0 Å². The van der Waals surface area contributed by atoms with Gasteiger partial charge in [-0.15, -0.1) is 0 Å². The fraction of sp³-hybridized carbons (Fsp3) is 0.267. The number of rotatable bonds is 6. The van der Waals surface area contributed by atoms with E-state index in [1.165, 1.54) is 0 Å². The van der Waals surface area contributed by atoms with Crippen LogP contribution in [0.3, 0.4) is 0 Å². The van der Waals surface area contributed by atoms with Crippen molar-refractivity contribution in [2.24, 2.45) is 0 Å². The Morgan fingerprint density at radius 2 is 2.11 bits per heavy atom. The Hall–Kier alpha value is -2.23. The summed E-state index contributed by atoms with van der Waals surface area (Å²) in [5.41, 5.74) is 1.08. The lowest BCUT2D eigenvalue weighted by atomic mass is 10.2. The van der Waals surface area contributed by atoms with Crippen LogP contribution in [-0.2, 0) is 6.54 Å². The number of hydrogen-bond donors (Lipinski definition) is 1. The fourth-order valence-electron chi connectivity index (χ4n) is 1.75. The van der Waals surface area contributed by atoms with Crippen LogP contribution in [0, 0.1) is 0 Å². The molecule has 1 N–H and O–H groups in total. The molecule has 0 amide bonds. The second kappa shape index (κ2) is 6.64. The Labute approximate surface area is 113 Å². The molecule has 0 spiro atoms. The molecule has 19 heavy (non-hydrogen) atoms. The van der Waals surface area contributed by atoms with Gasteiger partial charge in [-0.3, -0.25) is 0 Å². The summed E-state index contributed by atoms with van der Waals surface area (Å²) < 4.78 is 10.8. The first-order valence-electron chi connectivity index (χ1n) is 6.28. The first-order valence-corrected chi connectivity index (χ1v) is 6.28. The van der Waals surface area contributed by atoms with E-state index in [4.69, 9.17) is 9.47 Å². The van der Waals surface area contributed by atoms with E-state index in [1.807, 2.05) is 43.3 Å². The van der Waals surface area contributed by atoms with Crippen molar-refractivity contribution in [3.05, 3.63) is 48.2 Å². The van der Waals surface area contributed by atoms with Gasteiger partial charge in [0, 0.05) is 24.4 Å². The van der Waals surface area contributed by atoms with E-state index in [2.05, 4.69) is 10.3 Å². The fourth-order valence-corrected chi connectivity index (χ4v) is 1.75. The molecule has 2 rings (SSSR count). The van der Waals surface area contributed by atoms with E-state index >= 15 is 0 Å². The van der Waals surface area contributed by atoms with Crippen LogP contribution < -0.4 is 14.8 Å². The SMILES string of the molecule is CCOc1cc(OC)ccc1CNc1ccccn1. The van der Waals surface area contributed by atoms with Crippen molar-refractivity contribution in [1.29, 1.82) is 0 Å². The number of nitrogens with zero attached hydrogens (tertiary/aromatic N) is 1. The number of benzene rings is 1. The first-order chi connectivity index (χ1) is 9.33. The Morgan fingerprint density at radius 3 is 2.79 bits per heavy atom.